The van der Waals surface area contributed by atoms with Crippen molar-refractivity contribution < 1.29 is 4.79 Å². The summed E-state index contributed by atoms with van der Waals surface area (Å²) in [6.45, 7) is 0.801. The first kappa shape index (κ1) is 14.1. The first-order valence-electron chi connectivity index (χ1n) is 5.13. The van der Waals surface area contributed by atoms with Gasteiger partial charge in [0.1, 0.15) is 0 Å². The van der Waals surface area contributed by atoms with Crippen LogP contribution < -0.4 is 5.32 Å². The molecular weight excluding hydrogens is 218 g/mol. The van der Waals surface area contributed by atoms with Crippen LogP contribution in [0.3, 0.4) is 0 Å². The van der Waals surface area contributed by atoms with Gasteiger partial charge in [0.15, 0.2) is 0 Å². The zero-order valence-electron chi connectivity index (χ0n) is 8.85. The van der Waals surface area contributed by atoms with Crippen LogP contribution in [-0.2, 0) is 4.79 Å². The molecule has 14 heavy (non-hydrogen) atoms. The average molecular weight is 238 g/mol. The summed E-state index contributed by atoms with van der Waals surface area (Å²) in [6, 6.07) is 0. The predicted octanol–water partition coefficient (Wildman–Crippen LogP) is 2.65. The van der Waals surface area contributed by atoms with Gasteiger partial charge in [-0.15, -0.1) is 11.6 Å². The molecule has 0 aromatic rings. The Labute approximate surface area is 96.2 Å². The Morgan fingerprint density at radius 2 is 2.00 bits per heavy atom. The van der Waals surface area contributed by atoms with E-state index in [1.807, 2.05) is 11.8 Å². The number of rotatable bonds is 9. The van der Waals surface area contributed by atoms with E-state index in [2.05, 4.69) is 11.6 Å². The first-order chi connectivity index (χ1) is 6.81. The van der Waals surface area contributed by atoms with Gasteiger partial charge in [-0.1, -0.05) is 12.8 Å². The normalized spacial score (nSPS) is 10.1. The van der Waals surface area contributed by atoms with Crippen LogP contribution in [0.25, 0.3) is 0 Å². The van der Waals surface area contributed by atoms with Gasteiger partial charge in [-0.05, 0) is 24.9 Å². The van der Waals surface area contributed by atoms with Gasteiger partial charge in [0, 0.05) is 18.8 Å². The molecule has 84 valence electrons. The SMILES string of the molecule is CSCCCCCCNC(=O)CCCl. The van der Waals surface area contributed by atoms with E-state index in [0.29, 0.717) is 12.3 Å². The molecule has 0 aromatic carbocycles. The third-order valence-corrected chi connectivity index (χ3v) is 2.80. The van der Waals surface area contributed by atoms with E-state index in [-0.39, 0.29) is 5.91 Å². The van der Waals surface area contributed by atoms with Crippen LogP contribution in [-0.4, -0.2) is 30.3 Å². The molecule has 0 rings (SSSR count). The smallest absolute Gasteiger partial charge is 0.221 e. The molecule has 4 heteroatoms. The fourth-order valence-corrected chi connectivity index (χ4v) is 1.79. The van der Waals surface area contributed by atoms with Crippen LogP contribution in [0.15, 0.2) is 0 Å². The lowest BCUT2D eigenvalue weighted by atomic mass is 10.2. The molecule has 0 aliphatic carbocycles. The van der Waals surface area contributed by atoms with Crippen molar-refractivity contribution in [2.75, 3.05) is 24.4 Å². The molecule has 0 fully saturated rings. The molecule has 0 radical (unpaired) electrons. The van der Waals surface area contributed by atoms with E-state index in [4.69, 9.17) is 11.6 Å². The Morgan fingerprint density at radius 1 is 1.29 bits per heavy atom. The lowest BCUT2D eigenvalue weighted by Crippen LogP contribution is -2.24. The summed E-state index contributed by atoms with van der Waals surface area (Å²) < 4.78 is 0. The van der Waals surface area contributed by atoms with Gasteiger partial charge in [-0.2, -0.15) is 11.8 Å². The number of alkyl halides is 1. The number of hydrogen-bond acceptors (Lipinski definition) is 2. The molecule has 0 aliphatic heterocycles. The van der Waals surface area contributed by atoms with Crippen molar-refractivity contribution in [1.29, 1.82) is 0 Å². The maximum absolute atomic E-state index is 11.0. The number of carbonyl (C=O) groups excluding carboxylic acids is 1. The van der Waals surface area contributed by atoms with E-state index < -0.39 is 0 Å². The van der Waals surface area contributed by atoms with Gasteiger partial charge in [0.05, 0.1) is 0 Å². The molecule has 0 unspecified atom stereocenters. The lowest BCUT2D eigenvalue weighted by molar-refractivity contribution is -0.120. The van der Waals surface area contributed by atoms with Gasteiger partial charge in [0.2, 0.25) is 5.91 Å². The average Bonchev–Trinajstić information content (AvgIpc) is 2.17. The van der Waals surface area contributed by atoms with Crippen molar-refractivity contribution in [3.8, 4) is 0 Å². The van der Waals surface area contributed by atoms with Crippen LogP contribution in [0.4, 0.5) is 0 Å². The summed E-state index contributed by atoms with van der Waals surface area (Å²) in [6.07, 6.45) is 7.42. The van der Waals surface area contributed by atoms with E-state index in [0.717, 1.165) is 13.0 Å². The number of hydrogen-bond donors (Lipinski definition) is 1. The number of thioether (sulfide) groups is 1. The number of unbranched alkanes of at least 4 members (excludes halogenated alkanes) is 3. The Kier molecular flexibility index (Phi) is 11.3. The minimum absolute atomic E-state index is 0.0733. The molecule has 0 saturated heterocycles. The predicted molar refractivity (Wildman–Crippen MR) is 65.2 cm³/mol. The van der Waals surface area contributed by atoms with Gasteiger partial charge in [-0.3, -0.25) is 4.79 Å². The Bertz CT molecular complexity index is 144. The van der Waals surface area contributed by atoms with Crippen molar-refractivity contribution in [3.63, 3.8) is 0 Å². The van der Waals surface area contributed by atoms with Crippen molar-refractivity contribution in [3.05, 3.63) is 0 Å². The van der Waals surface area contributed by atoms with Crippen molar-refractivity contribution in [2.45, 2.75) is 32.1 Å². The fourth-order valence-electron chi connectivity index (χ4n) is 1.13. The van der Waals surface area contributed by atoms with Crippen LogP contribution >= 0.6 is 23.4 Å². The standard InChI is InChI=1S/C10H20ClNOS/c1-14-9-5-3-2-4-8-12-10(13)6-7-11/h2-9H2,1H3,(H,12,13). The summed E-state index contributed by atoms with van der Waals surface area (Å²) in [7, 11) is 0. The van der Waals surface area contributed by atoms with Crippen LogP contribution in [0, 0.1) is 0 Å². The van der Waals surface area contributed by atoms with Crippen molar-refractivity contribution in [1.82, 2.24) is 5.32 Å². The zero-order valence-corrected chi connectivity index (χ0v) is 10.4. The molecule has 0 atom stereocenters. The lowest BCUT2D eigenvalue weighted by Gasteiger charge is -2.03. The van der Waals surface area contributed by atoms with Crippen molar-refractivity contribution >= 4 is 29.3 Å². The highest BCUT2D eigenvalue weighted by atomic mass is 35.5. The van der Waals surface area contributed by atoms with E-state index in [1.54, 1.807) is 0 Å². The molecule has 0 saturated carbocycles. The second kappa shape index (κ2) is 11.2. The largest absolute Gasteiger partial charge is 0.356 e. The minimum atomic E-state index is 0.0733. The van der Waals surface area contributed by atoms with Gasteiger partial charge in [-0.25, -0.2) is 0 Å². The topological polar surface area (TPSA) is 29.1 Å². The second-order valence-corrected chi connectivity index (χ2v) is 4.56. The first-order valence-corrected chi connectivity index (χ1v) is 7.05. The summed E-state index contributed by atoms with van der Waals surface area (Å²) >= 11 is 7.32. The second-order valence-electron chi connectivity index (χ2n) is 3.20. The molecular formula is C10H20ClNOS. The molecule has 0 bridgehead atoms. The number of carbonyl (C=O) groups is 1. The summed E-state index contributed by atoms with van der Waals surface area (Å²) in [5, 5.41) is 2.85. The number of nitrogens with one attached hydrogen (secondary N) is 1. The number of amides is 1. The molecule has 2 nitrogen and oxygen atoms in total. The molecule has 1 N–H and O–H groups in total. The minimum Gasteiger partial charge on any atom is -0.356 e. The highest BCUT2D eigenvalue weighted by Crippen LogP contribution is 2.03. The molecule has 0 heterocycles. The monoisotopic (exact) mass is 237 g/mol. The third kappa shape index (κ3) is 10.2. The number of halogens is 1. The van der Waals surface area contributed by atoms with Crippen LogP contribution in [0.2, 0.25) is 0 Å². The fraction of sp³-hybridized carbons (Fsp3) is 0.900. The van der Waals surface area contributed by atoms with Gasteiger partial charge >= 0.3 is 0 Å². The van der Waals surface area contributed by atoms with E-state index in [9.17, 15) is 4.79 Å². The summed E-state index contributed by atoms with van der Waals surface area (Å²) in [5.41, 5.74) is 0. The maximum Gasteiger partial charge on any atom is 0.221 e. The van der Waals surface area contributed by atoms with Gasteiger partial charge < -0.3 is 5.32 Å². The summed E-state index contributed by atoms with van der Waals surface area (Å²) in [4.78, 5) is 11.0. The molecule has 1 amide bonds. The van der Waals surface area contributed by atoms with Crippen molar-refractivity contribution in [2.24, 2.45) is 0 Å². The van der Waals surface area contributed by atoms with E-state index in [1.165, 1.54) is 25.0 Å². The molecule has 0 spiro atoms. The summed E-state index contributed by atoms with van der Waals surface area (Å²) in [5.74, 6) is 1.74. The maximum atomic E-state index is 11.0. The third-order valence-electron chi connectivity index (χ3n) is 1.92. The van der Waals surface area contributed by atoms with Crippen LogP contribution in [0.1, 0.15) is 32.1 Å². The zero-order chi connectivity index (χ0) is 10.6. The Morgan fingerprint density at radius 3 is 2.64 bits per heavy atom. The Balaban J connectivity index is 3.01. The Hall–Kier alpha value is 0.110. The van der Waals surface area contributed by atoms with Gasteiger partial charge in [0.25, 0.3) is 0 Å². The van der Waals surface area contributed by atoms with Crippen LogP contribution in [0.5, 0.6) is 0 Å². The molecule has 0 aliphatic rings. The highest BCUT2D eigenvalue weighted by molar-refractivity contribution is 7.98. The molecule has 0 aromatic heterocycles. The highest BCUT2D eigenvalue weighted by Gasteiger charge is 1.97. The van der Waals surface area contributed by atoms with E-state index >= 15 is 0 Å². The quantitative estimate of drug-likeness (QED) is 0.494.